The van der Waals surface area contributed by atoms with Gasteiger partial charge in [0.2, 0.25) is 0 Å². The molecule has 1 aromatic rings. The zero-order chi connectivity index (χ0) is 12.6. The highest BCUT2D eigenvalue weighted by Gasteiger charge is 2.37. The molecule has 0 saturated heterocycles. The van der Waals surface area contributed by atoms with Crippen LogP contribution in [0.25, 0.3) is 0 Å². The second kappa shape index (κ2) is 4.34. The summed E-state index contributed by atoms with van der Waals surface area (Å²) in [6.07, 6.45) is 4.31. The van der Waals surface area contributed by atoms with E-state index in [0.29, 0.717) is 0 Å². The minimum atomic E-state index is 0.0737. The normalized spacial score (nSPS) is 20.9. The molecule has 0 fully saturated rings. The minimum absolute atomic E-state index is 0.0737. The van der Waals surface area contributed by atoms with Crippen LogP contribution in [-0.4, -0.2) is 7.05 Å². The topological polar surface area (TPSA) is 3.24 Å². The first-order valence-corrected chi connectivity index (χ1v) is 6.61. The highest BCUT2D eigenvalue weighted by molar-refractivity contribution is 9.11. The van der Waals surface area contributed by atoms with E-state index in [1.165, 1.54) is 16.9 Å². The molecule has 2 heteroatoms. The van der Waals surface area contributed by atoms with Crippen LogP contribution in [0.1, 0.15) is 26.3 Å². The van der Waals surface area contributed by atoms with Crippen LogP contribution in [0.4, 0.5) is 5.69 Å². The molecule has 1 aromatic carbocycles. The summed E-state index contributed by atoms with van der Waals surface area (Å²) >= 11 is 3.47. The number of hydrogen-bond acceptors (Lipinski definition) is 1. The Balaban J connectivity index is 2.54. The van der Waals surface area contributed by atoms with E-state index in [0.717, 1.165) is 4.48 Å². The number of likely N-dealkylation sites (N-methyl/N-ethyl adjacent to an activating group) is 1. The van der Waals surface area contributed by atoms with Crippen molar-refractivity contribution in [3.63, 3.8) is 0 Å². The molecule has 0 aromatic heterocycles. The second-order valence-electron chi connectivity index (χ2n) is 5.01. The molecular weight excluding hydrogens is 274 g/mol. The van der Waals surface area contributed by atoms with Crippen LogP contribution in [0.5, 0.6) is 0 Å². The maximum atomic E-state index is 3.47. The monoisotopic (exact) mass is 291 g/mol. The van der Waals surface area contributed by atoms with Crippen molar-refractivity contribution in [1.82, 2.24) is 0 Å². The molecule has 17 heavy (non-hydrogen) atoms. The Morgan fingerprint density at radius 2 is 1.94 bits per heavy atom. The highest BCUT2D eigenvalue weighted by atomic mass is 79.9. The zero-order valence-corrected chi connectivity index (χ0v) is 12.4. The molecule has 1 aliphatic rings. The molecule has 0 N–H and O–H groups in total. The standard InChI is InChI=1S/C15H18BrN/c1-11(16)9-10-14-15(2,3)12-7-5-6-8-13(12)17(14)4/h5-10H,1-4H3/b11-9-,14-10-. The van der Waals surface area contributed by atoms with Crippen molar-refractivity contribution >= 4 is 21.6 Å². The van der Waals surface area contributed by atoms with Gasteiger partial charge in [0.05, 0.1) is 0 Å². The number of para-hydroxylation sites is 1. The minimum Gasteiger partial charge on any atom is -0.347 e. The van der Waals surface area contributed by atoms with Crippen LogP contribution in [0.2, 0.25) is 0 Å². The van der Waals surface area contributed by atoms with E-state index in [1.807, 2.05) is 6.92 Å². The van der Waals surface area contributed by atoms with Crippen molar-refractivity contribution in [2.45, 2.75) is 26.2 Å². The maximum Gasteiger partial charge on any atom is 0.0447 e. The van der Waals surface area contributed by atoms with E-state index in [4.69, 9.17) is 0 Å². The van der Waals surface area contributed by atoms with Crippen LogP contribution < -0.4 is 4.90 Å². The van der Waals surface area contributed by atoms with E-state index in [2.05, 4.69) is 78.1 Å². The molecule has 0 spiro atoms. The van der Waals surface area contributed by atoms with Gasteiger partial charge in [-0.3, -0.25) is 0 Å². The van der Waals surface area contributed by atoms with Gasteiger partial charge in [-0.05, 0) is 29.1 Å². The van der Waals surface area contributed by atoms with E-state index >= 15 is 0 Å². The first-order valence-electron chi connectivity index (χ1n) is 5.82. The molecule has 0 atom stereocenters. The number of anilines is 1. The largest absolute Gasteiger partial charge is 0.347 e. The van der Waals surface area contributed by atoms with E-state index < -0.39 is 0 Å². The zero-order valence-electron chi connectivity index (χ0n) is 10.8. The van der Waals surface area contributed by atoms with Crippen molar-refractivity contribution in [2.24, 2.45) is 0 Å². The smallest absolute Gasteiger partial charge is 0.0447 e. The van der Waals surface area contributed by atoms with Gasteiger partial charge in [-0.2, -0.15) is 0 Å². The van der Waals surface area contributed by atoms with Crippen molar-refractivity contribution < 1.29 is 0 Å². The van der Waals surface area contributed by atoms with Gasteiger partial charge in [0.15, 0.2) is 0 Å². The lowest BCUT2D eigenvalue weighted by molar-refractivity contribution is 0.640. The Hall–Kier alpha value is -1.02. The van der Waals surface area contributed by atoms with Gasteiger partial charge < -0.3 is 4.90 Å². The first-order chi connectivity index (χ1) is 7.94. The predicted octanol–water partition coefficient (Wildman–Crippen LogP) is 4.60. The average molecular weight is 292 g/mol. The van der Waals surface area contributed by atoms with Crippen LogP contribution in [0.3, 0.4) is 0 Å². The number of fused-ring (bicyclic) bond motifs is 1. The molecule has 1 heterocycles. The molecule has 0 unspecified atom stereocenters. The molecule has 0 radical (unpaired) electrons. The molecule has 1 nitrogen and oxygen atoms in total. The van der Waals surface area contributed by atoms with E-state index in [1.54, 1.807) is 0 Å². The second-order valence-corrected chi connectivity index (χ2v) is 6.26. The number of hydrogen-bond donors (Lipinski definition) is 0. The summed E-state index contributed by atoms with van der Waals surface area (Å²) in [7, 11) is 2.14. The van der Waals surface area contributed by atoms with Gasteiger partial charge in [-0.15, -0.1) is 0 Å². The van der Waals surface area contributed by atoms with Crippen molar-refractivity contribution in [3.05, 3.63) is 52.2 Å². The molecule has 1 aliphatic heterocycles. The number of allylic oxidation sites excluding steroid dienone is 4. The summed E-state index contributed by atoms with van der Waals surface area (Å²) < 4.78 is 1.14. The lowest BCUT2D eigenvalue weighted by Crippen LogP contribution is -2.22. The van der Waals surface area contributed by atoms with Gasteiger partial charge in [0, 0.05) is 23.8 Å². The number of benzene rings is 1. The molecule has 0 amide bonds. The summed E-state index contributed by atoms with van der Waals surface area (Å²) in [5.41, 5.74) is 4.11. The molecule has 0 saturated carbocycles. The fourth-order valence-corrected chi connectivity index (χ4v) is 2.63. The lowest BCUT2D eigenvalue weighted by Gasteiger charge is -2.23. The van der Waals surface area contributed by atoms with Crippen molar-refractivity contribution in [3.8, 4) is 0 Å². The Morgan fingerprint density at radius 3 is 2.53 bits per heavy atom. The lowest BCUT2D eigenvalue weighted by atomic mass is 9.84. The number of rotatable bonds is 1. The Labute approximate surface area is 112 Å². The number of halogens is 1. The molecule has 0 aliphatic carbocycles. The van der Waals surface area contributed by atoms with Gasteiger partial charge in [0.25, 0.3) is 0 Å². The fraction of sp³-hybridized carbons (Fsp3) is 0.333. The summed E-state index contributed by atoms with van der Waals surface area (Å²) in [6.45, 7) is 6.60. The number of nitrogens with zero attached hydrogens (tertiary/aromatic N) is 1. The Kier molecular flexibility index (Phi) is 3.17. The third-order valence-electron chi connectivity index (χ3n) is 3.41. The summed E-state index contributed by atoms with van der Waals surface area (Å²) in [4.78, 5) is 2.28. The van der Waals surface area contributed by atoms with Crippen LogP contribution >= 0.6 is 15.9 Å². The molecule has 2 rings (SSSR count). The third-order valence-corrected chi connectivity index (χ3v) is 3.68. The van der Waals surface area contributed by atoms with Gasteiger partial charge in [-0.25, -0.2) is 0 Å². The van der Waals surface area contributed by atoms with Gasteiger partial charge in [0.1, 0.15) is 0 Å². The van der Waals surface area contributed by atoms with Crippen LogP contribution in [0, 0.1) is 0 Å². The highest BCUT2D eigenvalue weighted by Crippen LogP contribution is 2.46. The Morgan fingerprint density at radius 1 is 1.29 bits per heavy atom. The third kappa shape index (κ3) is 2.06. The molecule has 0 bridgehead atoms. The quantitative estimate of drug-likeness (QED) is 0.731. The Bertz CT molecular complexity index is 493. The summed E-state index contributed by atoms with van der Waals surface area (Å²) in [6, 6.07) is 8.61. The molecule has 90 valence electrons. The first kappa shape index (κ1) is 12.4. The predicted molar refractivity (Wildman–Crippen MR) is 78.6 cm³/mol. The summed E-state index contributed by atoms with van der Waals surface area (Å²) in [5.74, 6) is 0. The molecular formula is C15H18BrN. The van der Waals surface area contributed by atoms with E-state index in [9.17, 15) is 0 Å². The van der Waals surface area contributed by atoms with Crippen molar-refractivity contribution in [1.29, 1.82) is 0 Å². The van der Waals surface area contributed by atoms with Gasteiger partial charge >= 0.3 is 0 Å². The summed E-state index contributed by atoms with van der Waals surface area (Å²) in [5, 5.41) is 0. The SMILES string of the molecule is C/C(Br)=C/C=C1\N(C)c2ccccc2C1(C)C. The van der Waals surface area contributed by atoms with Crippen LogP contribution in [0.15, 0.2) is 46.6 Å². The van der Waals surface area contributed by atoms with Crippen LogP contribution in [-0.2, 0) is 5.41 Å². The maximum absolute atomic E-state index is 3.47. The van der Waals surface area contributed by atoms with E-state index in [-0.39, 0.29) is 5.41 Å². The van der Waals surface area contributed by atoms with Gasteiger partial charge in [-0.1, -0.05) is 54.1 Å². The average Bonchev–Trinajstić information content (AvgIpc) is 2.46. The van der Waals surface area contributed by atoms with Crippen molar-refractivity contribution in [2.75, 3.05) is 11.9 Å². The fourth-order valence-electron chi connectivity index (χ4n) is 2.50.